The predicted octanol–water partition coefficient (Wildman–Crippen LogP) is 1.65. The molecular formula is C7H9MgS+. The Hall–Kier alpha value is 0.336. The molecule has 0 aromatic heterocycles. The van der Waals surface area contributed by atoms with Crippen molar-refractivity contribution in [2.75, 3.05) is 6.26 Å². The summed E-state index contributed by atoms with van der Waals surface area (Å²) in [5.41, 5.74) is 0. The van der Waals surface area contributed by atoms with Gasteiger partial charge in [0.25, 0.3) is 0 Å². The summed E-state index contributed by atoms with van der Waals surface area (Å²) in [6.45, 7) is 0. The number of hydrogen-bond donors (Lipinski definition) is 1. The van der Waals surface area contributed by atoms with E-state index in [1.54, 1.807) is 6.26 Å². The molecule has 2 heteroatoms. The first-order valence-electron chi connectivity index (χ1n) is 2.36. The summed E-state index contributed by atoms with van der Waals surface area (Å²) in [7, 11) is 0. The van der Waals surface area contributed by atoms with Gasteiger partial charge in [0.05, 0.1) is 0 Å². The second-order valence-electron chi connectivity index (χ2n) is 1.08. The summed E-state index contributed by atoms with van der Waals surface area (Å²) in [4.78, 5) is 0. The molecule has 0 spiro atoms. The summed E-state index contributed by atoms with van der Waals surface area (Å²) < 4.78 is 0. The Morgan fingerprint density at radius 1 is 1.00 bits per heavy atom. The van der Waals surface area contributed by atoms with E-state index in [9.17, 15) is 0 Å². The van der Waals surface area contributed by atoms with E-state index in [-0.39, 0.29) is 23.1 Å². The van der Waals surface area contributed by atoms with Crippen molar-refractivity contribution in [3.8, 4) is 0 Å². The molecule has 0 radical (unpaired) electrons. The minimum Gasteiger partial charge on any atom is -0.184 e. The van der Waals surface area contributed by atoms with Crippen molar-refractivity contribution in [2.45, 2.75) is 0 Å². The smallest absolute Gasteiger partial charge is 0.184 e. The Morgan fingerprint density at radius 3 is 1.56 bits per heavy atom. The van der Waals surface area contributed by atoms with Crippen LogP contribution in [0.5, 0.6) is 0 Å². The Morgan fingerprint density at radius 2 is 1.44 bits per heavy atom. The third-order valence-electron chi connectivity index (χ3n) is 0.607. The van der Waals surface area contributed by atoms with E-state index in [1.807, 2.05) is 30.3 Å². The molecule has 0 bridgehead atoms. The van der Waals surface area contributed by atoms with Crippen molar-refractivity contribution in [1.82, 2.24) is 0 Å². The minimum absolute atomic E-state index is 0. The predicted molar refractivity (Wildman–Crippen MR) is 45.9 cm³/mol. The van der Waals surface area contributed by atoms with Gasteiger partial charge in [-0.3, -0.25) is 0 Å². The monoisotopic (exact) mass is 149 g/mol. The quantitative estimate of drug-likeness (QED) is 0.324. The maximum Gasteiger partial charge on any atom is 2.00 e. The molecule has 9 heavy (non-hydrogen) atoms. The molecule has 0 unspecified atom stereocenters. The maximum atomic E-state index is 3.53. The van der Waals surface area contributed by atoms with Crippen LogP contribution in [0, 0.1) is 6.07 Å². The first-order valence-corrected chi connectivity index (χ1v) is 3.25. The average Bonchev–Trinajstić information content (AvgIpc) is 1.96. The van der Waals surface area contributed by atoms with Gasteiger partial charge in [-0.05, 0) is 6.26 Å². The van der Waals surface area contributed by atoms with E-state index in [2.05, 4.69) is 18.7 Å². The minimum atomic E-state index is 0. The van der Waals surface area contributed by atoms with E-state index >= 15 is 0 Å². The Labute approximate surface area is 78.2 Å². The zero-order valence-electron chi connectivity index (χ0n) is 5.54. The molecule has 0 atom stereocenters. The summed E-state index contributed by atoms with van der Waals surface area (Å²) in [6, 6.07) is 12.5. The molecule has 0 aliphatic carbocycles. The van der Waals surface area contributed by atoms with Crippen LogP contribution in [0.3, 0.4) is 0 Å². The van der Waals surface area contributed by atoms with Crippen LogP contribution in [0.1, 0.15) is 0 Å². The molecule has 0 aliphatic heterocycles. The molecule has 0 saturated carbocycles. The van der Waals surface area contributed by atoms with Gasteiger partial charge in [-0.1, -0.05) is 0 Å². The normalized spacial score (nSPS) is 6.00. The second kappa shape index (κ2) is 11.2. The van der Waals surface area contributed by atoms with Crippen LogP contribution in [0.2, 0.25) is 0 Å². The third kappa shape index (κ3) is 8.34. The van der Waals surface area contributed by atoms with E-state index in [0.29, 0.717) is 0 Å². The summed E-state index contributed by atoms with van der Waals surface area (Å²) in [6.07, 6.45) is 1.69. The molecule has 0 heterocycles. The van der Waals surface area contributed by atoms with Gasteiger partial charge >= 0.3 is 23.1 Å². The fourth-order valence-electron chi connectivity index (χ4n) is 0.342. The average molecular weight is 150 g/mol. The van der Waals surface area contributed by atoms with Crippen LogP contribution >= 0.6 is 12.6 Å². The van der Waals surface area contributed by atoms with Crippen molar-refractivity contribution >= 4 is 35.7 Å². The first kappa shape index (κ1) is 12.1. The number of rotatable bonds is 0. The Balaban J connectivity index is 0. The van der Waals surface area contributed by atoms with Gasteiger partial charge < -0.3 is 0 Å². The zero-order chi connectivity index (χ0) is 6.24. The molecule has 1 aromatic carbocycles. The summed E-state index contributed by atoms with van der Waals surface area (Å²) in [5.74, 6) is 0. The molecule has 0 fully saturated rings. The van der Waals surface area contributed by atoms with E-state index in [0.717, 1.165) is 0 Å². The molecule has 1 aromatic rings. The summed E-state index contributed by atoms with van der Waals surface area (Å²) in [5, 5.41) is 0. The molecule has 0 nitrogen and oxygen atoms in total. The molecular weight excluding hydrogens is 140 g/mol. The molecule has 0 saturated heterocycles. The van der Waals surface area contributed by atoms with Crippen LogP contribution < -0.4 is 0 Å². The topological polar surface area (TPSA) is 0 Å². The van der Waals surface area contributed by atoms with Crippen LogP contribution in [-0.2, 0) is 0 Å². The zero-order valence-corrected chi connectivity index (χ0v) is 7.85. The number of benzene rings is 1. The van der Waals surface area contributed by atoms with Gasteiger partial charge in [-0.25, -0.2) is 0 Å². The van der Waals surface area contributed by atoms with E-state index < -0.39 is 0 Å². The van der Waals surface area contributed by atoms with Gasteiger partial charge in [0.1, 0.15) is 0 Å². The fourth-order valence-corrected chi connectivity index (χ4v) is 0.342. The maximum absolute atomic E-state index is 3.53. The van der Waals surface area contributed by atoms with Crippen molar-refractivity contribution in [3.05, 3.63) is 36.4 Å². The van der Waals surface area contributed by atoms with Crippen LogP contribution in [-0.4, -0.2) is 29.3 Å². The van der Waals surface area contributed by atoms with Crippen molar-refractivity contribution in [2.24, 2.45) is 0 Å². The van der Waals surface area contributed by atoms with Gasteiger partial charge in [0.2, 0.25) is 0 Å². The third-order valence-corrected chi connectivity index (χ3v) is 0.607. The SMILES string of the molecule is CS.[Mg+2].[c-]1ccccc1. The van der Waals surface area contributed by atoms with Crippen molar-refractivity contribution in [1.29, 1.82) is 0 Å². The first-order chi connectivity index (χ1) is 4.00. The number of thiol groups is 1. The molecule has 0 aliphatic rings. The molecule has 44 valence electrons. The van der Waals surface area contributed by atoms with E-state index in [1.165, 1.54) is 0 Å². The second-order valence-corrected chi connectivity index (χ2v) is 1.08. The van der Waals surface area contributed by atoms with E-state index in [4.69, 9.17) is 0 Å². The van der Waals surface area contributed by atoms with Gasteiger partial charge in [0.15, 0.2) is 0 Å². The largest absolute Gasteiger partial charge is 2.00 e. The van der Waals surface area contributed by atoms with Crippen molar-refractivity contribution < 1.29 is 0 Å². The van der Waals surface area contributed by atoms with Gasteiger partial charge in [-0.15, -0.1) is 0 Å². The van der Waals surface area contributed by atoms with Crippen molar-refractivity contribution in [3.63, 3.8) is 0 Å². The summed E-state index contributed by atoms with van der Waals surface area (Å²) >= 11 is 3.53. The van der Waals surface area contributed by atoms with Crippen LogP contribution in [0.4, 0.5) is 0 Å². The van der Waals surface area contributed by atoms with Gasteiger partial charge in [-0.2, -0.15) is 49.0 Å². The molecule has 1 rings (SSSR count). The van der Waals surface area contributed by atoms with Crippen LogP contribution in [0.15, 0.2) is 30.3 Å². The fraction of sp³-hybridized carbons (Fsp3) is 0.143. The Kier molecular flexibility index (Phi) is 15.0. The number of hydrogen-bond acceptors (Lipinski definition) is 1. The van der Waals surface area contributed by atoms with Gasteiger partial charge in [0, 0.05) is 0 Å². The molecule has 0 N–H and O–H groups in total. The van der Waals surface area contributed by atoms with Crippen LogP contribution in [0.25, 0.3) is 0 Å². The standard InChI is InChI=1S/C6H5.CH4S.Mg/c1-2-4-6-5-3-1;1-2;/h1-5H;2H,1H3;/q-1;;+2. The molecule has 0 amide bonds. The Bertz CT molecular complexity index is 80.8.